The highest BCUT2D eigenvalue weighted by Gasteiger charge is 2.29. The van der Waals surface area contributed by atoms with Crippen LogP contribution in [0.15, 0.2) is 64.4 Å². The number of ether oxygens (including phenoxy) is 2. The Hall–Kier alpha value is -2.99. The molecule has 0 amide bonds. The van der Waals surface area contributed by atoms with Gasteiger partial charge in [-0.3, -0.25) is 0 Å². The van der Waals surface area contributed by atoms with E-state index in [0.717, 1.165) is 29.8 Å². The van der Waals surface area contributed by atoms with Gasteiger partial charge in [-0.1, -0.05) is 23.8 Å². The lowest BCUT2D eigenvalue weighted by Crippen LogP contribution is -2.34. The molecule has 3 rings (SSSR count). The van der Waals surface area contributed by atoms with Crippen molar-refractivity contribution in [3.63, 3.8) is 0 Å². The van der Waals surface area contributed by atoms with Gasteiger partial charge in [-0.2, -0.15) is 12.7 Å². The first-order valence-electron chi connectivity index (χ1n) is 11.3. The normalized spacial score (nSPS) is 12.1. The molecule has 0 aliphatic rings. The molecule has 0 heterocycles. The van der Waals surface area contributed by atoms with Gasteiger partial charge >= 0.3 is 10.1 Å². The van der Waals surface area contributed by atoms with Gasteiger partial charge in [-0.15, -0.1) is 0 Å². The smallest absolute Gasteiger partial charge is 0.339 e. The van der Waals surface area contributed by atoms with Gasteiger partial charge in [-0.25, -0.2) is 12.8 Å². The minimum Gasteiger partial charge on any atom is -0.493 e. The lowest BCUT2D eigenvalue weighted by Gasteiger charge is -2.24. The topological polar surface area (TPSA) is 99.2 Å². The van der Waals surface area contributed by atoms with E-state index in [1.165, 1.54) is 30.7 Å². The minimum absolute atomic E-state index is 0.0711. The summed E-state index contributed by atoms with van der Waals surface area (Å²) in [5.74, 6) is -0.586. The van der Waals surface area contributed by atoms with Crippen molar-refractivity contribution < 1.29 is 34.9 Å². The molecule has 0 fully saturated rings. The highest BCUT2D eigenvalue weighted by atomic mass is 32.2. The molecule has 0 aliphatic heterocycles. The fourth-order valence-electron chi connectivity index (χ4n) is 4.04. The number of benzene rings is 3. The number of sulfonamides is 1. The van der Waals surface area contributed by atoms with Crippen molar-refractivity contribution in [3.05, 3.63) is 82.7 Å². The first-order chi connectivity index (χ1) is 17.4. The Morgan fingerprint density at radius 3 is 2.03 bits per heavy atom. The van der Waals surface area contributed by atoms with Crippen molar-refractivity contribution in [1.82, 2.24) is 4.31 Å². The predicted octanol–water partition coefficient (Wildman–Crippen LogP) is 4.36. The second kappa shape index (κ2) is 11.6. The second-order valence-corrected chi connectivity index (χ2v) is 12.0. The number of halogens is 1. The molecule has 8 nitrogen and oxygen atoms in total. The molecular weight excluding hydrogens is 521 g/mol. The Labute approximate surface area is 217 Å². The van der Waals surface area contributed by atoms with Gasteiger partial charge in [0.2, 0.25) is 10.0 Å². The van der Waals surface area contributed by atoms with Crippen molar-refractivity contribution in [2.75, 3.05) is 27.4 Å². The molecule has 0 aromatic heterocycles. The molecule has 0 radical (unpaired) electrons. The van der Waals surface area contributed by atoms with E-state index in [2.05, 4.69) is 0 Å². The van der Waals surface area contributed by atoms with Gasteiger partial charge < -0.3 is 13.7 Å². The van der Waals surface area contributed by atoms with E-state index < -0.39 is 26.0 Å². The van der Waals surface area contributed by atoms with Crippen LogP contribution in [0.2, 0.25) is 0 Å². The molecule has 11 heteroatoms. The van der Waals surface area contributed by atoms with E-state index in [-0.39, 0.29) is 41.0 Å². The van der Waals surface area contributed by atoms with Crippen LogP contribution < -0.4 is 8.92 Å². The van der Waals surface area contributed by atoms with Crippen molar-refractivity contribution in [2.45, 2.75) is 37.1 Å². The number of hydrogen-bond acceptors (Lipinski definition) is 7. The zero-order valence-corrected chi connectivity index (χ0v) is 22.9. The number of rotatable bonds is 11. The van der Waals surface area contributed by atoms with E-state index in [9.17, 15) is 21.2 Å². The average Bonchev–Trinajstić information content (AvgIpc) is 2.81. The molecule has 3 aromatic rings. The maximum absolute atomic E-state index is 13.7. The monoisotopic (exact) mass is 551 g/mol. The van der Waals surface area contributed by atoms with Gasteiger partial charge in [0.15, 0.2) is 11.5 Å². The van der Waals surface area contributed by atoms with Crippen molar-refractivity contribution >= 4 is 20.1 Å². The van der Waals surface area contributed by atoms with E-state index in [1.54, 1.807) is 19.9 Å². The molecular formula is C26H30FNO7S2. The third-order valence-corrected chi connectivity index (χ3v) is 9.04. The zero-order valence-electron chi connectivity index (χ0n) is 21.3. The van der Waals surface area contributed by atoms with Crippen LogP contribution in [-0.4, -0.2) is 48.5 Å². The van der Waals surface area contributed by atoms with Crippen LogP contribution in [0.3, 0.4) is 0 Å². The highest BCUT2D eigenvalue weighted by molar-refractivity contribution is 7.89. The van der Waals surface area contributed by atoms with Crippen LogP contribution in [0.25, 0.3) is 0 Å². The summed E-state index contributed by atoms with van der Waals surface area (Å²) in [5, 5.41) is 0. The predicted molar refractivity (Wildman–Crippen MR) is 137 cm³/mol. The molecule has 3 aromatic carbocycles. The molecule has 0 N–H and O–H groups in total. The van der Waals surface area contributed by atoms with E-state index in [0.29, 0.717) is 16.7 Å². The second-order valence-electron chi connectivity index (χ2n) is 8.54. The zero-order chi connectivity index (χ0) is 27.4. The largest absolute Gasteiger partial charge is 0.493 e. The molecule has 200 valence electrons. The summed E-state index contributed by atoms with van der Waals surface area (Å²) in [6.07, 6.45) is 0. The molecule has 0 unspecified atom stereocenters. The lowest BCUT2D eigenvalue weighted by atomic mass is 10.1. The average molecular weight is 552 g/mol. The van der Waals surface area contributed by atoms with E-state index >= 15 is 0 Å². The lowest BCUT2D eigenvalue weighted by molar-refractivity contribution is 0.177. The Morgan fingerprint density at radius 2 is 1.46 bits per heavy atom. The van der Waals surface area contributed by atoms with Crippen molar-refractivity contribution in [3.8, 4) is 11.5 Å². The summed E-state index contributed by atoms with van der Waals surface area (Å²) < 4.78 is 83.3. The number of hydrogen-bond donors (Lipinski definition) is 0. The molecule has 0 saturated carbocycles. The Bertz CT molecular complexity index is 1450. The van der Waals surface area contributed by atoms with Crippen LogP contribution >= 0.6 is 0 Å². The third-order valence-electron chi connectivity index (χ3n) is 5.64. The molecule has 0 atom stereocenters. The minimum atomic E-state index is -4.31. The van der Waals surface area contributed by atoms with Crippen LogP contribution in [0.5, 0.6) is 11.5 Å². The summed E-state index contributed by atoms with van der Waals surface area (Å²) in [6, 6.07) is 12.4. The van der Waals surface area contributed by atoms with Crippen LogP contribution in [0.4, 0.5) is 4.39 Å². The quantitative estimate of drug-likeness (QED) is 0.327. The number of aryl methyl sites for hydroxylation is 3. The van der Waals surface area contributed by atoms with Gasteiger partial charge in [0, 0.05) is 20.2 Å². The summed E-state index contributed by atoms with van der Waals surface area (Å²) in [4.78, 5) is -0.0194. The van der Waals surface area contributed by atoms with Crippen LogP contribution in [-0.2, 0) is 31.4 Å². The number of methoxy groups -OCH3 is 2. The summed E-state index contributed by atoms with van der Waals surface area (Å²) in [7, 11) is -5.41. The van der Waals surface area contributed by atoms with Gasteiger partial charge in [0.25, 0.3) is 0 Å². The van der Waals surface area contributed by atoms with Gasteiger partial charge in [0.05, 0.1) is 18.6 Å². The first-order valence-corrected chi connectivity index (χ1v) is 14.2. The summed E-state index contributed by atoms with van der Waals surface area (Å²) in [6.45, 7) is 5.55. The molecule has 0 aliphatic carbocycles. The fourth-order valence-corrected chi connectivity index (χ4v) is 6.79. The van der Waals surface area contributed by atoms with E-state index in [4.69, 9.17) is 13.7 Å². The number of nitrogens with zero attached hydrogens (tertiary/aromatic N) is 1. The third kappa shape index (κ3) is 6.67. The summed E-state index contributed by atoms with van der Waals surface area (Å²) >= 11 is 0. The Balaban J connectivity index is 1.99. The Morgan fingerprint density at radius 1 is 0.838 bits per heavy atom. The maximum atomic E-state index is 13.7. The van der Waals surface area contributed by atoms with Crippen molar-refractivity contribution in [1.29, 1.82) is 0 Å². The maximum Gasteiger partial charge on any atom is 0.339 e. The highest BCUT2D eigenvalue weighted by Crippen LogP contribution is 2.33. The van der Waals surface area contributed by atoms with Crippen LogP contribution in [0, 0.1) is 26.6 Å². The molecule has 37 heavy (non-hydrogen) atoms. The fraction of sp³-hybridized carbons (Fsp3) is 0.308. The van der Waals surface area contributed by atoms with Crippen molar-refractivity contribution in [2.24, 2.45) is 0 Å². The SMILES string of the molecule is COCCN(Cc1ccc(OC)c(OS(=O)(=O)c2ccc(F)cc2)c1)S(=O)(=O)c1c(C)cc(C)cc1C. The summed E-state index contributed by atoms with van der Waals surface area (Å²) in [5.41, 5.74) is 2.68. The first kappa shape index (κ1) is 28.6. The van der Waals surface area contributed by atoms with Gasteiger partial charge in [-0.05, 0) is 73.9 Å². The van der Waals surface area contributed by atoms with Crippen LogP contribution in [0.1, 0.15) is 22.3 Å². The molecule has 0 saturated heterocycles. The Kier molecular flexibility index (Phi) is 8.96. The van der Waals surface area contributed by atoms with Gasteiger partial charge in [0.1, 0.15) is 10.7 Å². The standard InChI is InChI=1S/C26H30FNO7S2/c1-18-14-19(2)26(20(3)15-18)36(29,30)28(12-13-33-4)17-21-6-11-24(34-5)25(16-21)35-37(31,32)23-9-7-22(27)8-10-23/h6-11,14-16H,12-13,17H2,1-5H3. The van der Waals surface area contributed by atoms with E-state index in [1.807, 2.05) is 19.1 Å². The molecule has 0 spiro atoms. The molecule has 0 bridgehead atoms.